The highest BCUT2D eigenvalue weighted by atomic mass is 35.5. The minimum absolute atomic E-state index is 0.0231. The number of rotatable bonds is 6. The fraction of sp³-hybridized carbons (Fsp3) is 0.520. The SMILES string of the molecule is Cc1nn(C(C)c2ccc(Cl)cc2Cl)c2nc(N3CC[C@H](N4CCC[C@H]4CO)[C@H](C(N)=O)C3)cnc12. The van der Waals surface area contributed by atoms with E-state index < -0.39 is 0 Å². The van der Waals surface area contributed by atoms with Crippen LogP contribution in [0.2, 0.25) is 10.0 Å². The predicted octanol–water partition coefficient (Wildman–Crippen LogP) is 3.19. The summed E-state index contributed by atoms with van der Waals surface area (Å²) in [4.78, 5) is 26.5. The van der Waals surface area contributed by atoms with Gasteiger partial charge < -0.3 is 15.7 Å². The van der Waals surface area contributed by atoms with Crippen molar-refractivity contribution < 1.29 is 9.90 Å². The number of halogens is 2. The van der Waals surface area contributed by atoms with Gasteiger partial charge in [-0.25, -0.2) is 14.6 Å². The van der Waals surface area contributed by atoms with E-state index in [1.54, 1.807) is 12.3 Å². The second kappa shape index (κ2) is 10.1. The first kappa shape index (κ1) is 25.2. The van der Waals surface area contributed by atoms with Gasteiger partial charge in [-0.1, -0.05) is 29.3 Å². The molecule has 11 heteroatoms. The summed E-state index contributed by atoms with van der Waals surface area (Å²) in [6.07, 6.45) is 4.48. The van der Waals surface area contributed by atoms with E-state index in [0.29, 0.717) is 28.1 Å². The van der Waals surface area contributed by atoms with Crippen LogP contribution < -0.4 is 10.6 Å². The summed E-state index contributed by atoms with van der Waals surface area (Å²) in [6.45, 7) is 6.08. The van der Waals surface area contributed by atoms with Crippen LogP contribution in [-0.2, 0) is 4.79 Å². The Morgan fingerprint density at radius 2 is 2.08 bits per heavy atom. The summed E-state index contributed by atoms with van der Waals surface area (Å²) >= 11 is 12.6. The molecule has 2 saturated heterocycles. The monoisotopic (exact) mass is 531 g/mol. The van der Waals surface area contributed by atoms with E-state index in [2.05, 4.69) is 14.8 Å². The van der Waals surface area contributed by atoms with Crippen molar-refractivity contribution in [2.24, 2.45) is 11.7 Å². The third kappa shape index (κ3) is 4.53. The second-order valence-electron chi connectivity index (χ2n) is 9.80. The number of benzene rings is 1. The molecular formula is C25H31Cl2N7O2. The normalized spacial score (nSPS) is 23.9. The maximum Gasteiger partial charge on any atom is 0.223 e. The maximum atomic E-state index is 12.5. The summed E-state index contributed by atoms with van der Waals surface area (Å²) in [7, 11) is 0. The molecule has 0 spiro atoms. The summed E-state index contributed by atoms with van der Waals surface area (Å²) in [5.74, 6) is -0.000981. The van der Waals surface area contributed by atoms with Crippen molar-refractivity contribution in [3.05, 3.63) is 45.7 Å². The van der Waals surface area contributed by atoms with E-state index in [9.17, 15) is 9.90 Å². The molecule has 0 saturated carbocycles. The topological polar surface area (TPSA) is 113 Å². The van der Waals surface area contributed by atoms with Gasteiger partial charge in [0.05, 0.1) is 30.5 Å². The van der Waals surface area contributed by atoms with E-state index >= 15 is 0 Å². The van der Waals surface area contributed by atoms with Gasteiger partial charge in [-0.15, -0.1) is 0 Å². The number of fused-ring (bicyclic) bond motifs is 1. The summed E-state index contributed by atoms with van der Waals surface area (Å²) in [5, 5.41) is 15.7. The second-order valence-corrected chi connectivity index (χ2v) is 10.6. The number of primary amides is 1. The largest absolute Gasteiger partial charge is 0.395 e. The Morgan fingerprint density at radius 3 is 2.81 bits per heavy atom. The Kier molecular flexibility index (Phi) is 7.09. The molecule has 0 aliphatic carbocycles. The van der Waals surface area contributed by atoms with Gasteiger partial charge in [0.1, 0.15) is 11.3 Å². The van der Waals surface area contributed by atoms with Gasteiger partial charge in [0.25, 0.3) is 0 Å². The van der Waals surface area contributed by atoms with Crippen LogP contribution in [0.1, 0.15) is 43.5 Å². The molecule has 5 rings (SSSR count). The molecule has 0 bridgehead atoms. The highest BCUT2D eigenvalue weighted by Crippen LogP contribution is 2.33. The first-order valence-electron chi connectivity index (χ1n) is 12.4. The number of carbonyl (C=O) groups is 1. The van der Waals surface area contributed by atoms with Gasteiger partial charge in [0.2, 0.25) is 5.91 Å². The van der Waals surface area contributed by atoms with Crippen LogP contribution in [0.3, 0.4) is 0 Å². The fourth-order valence-corrected chi connectivity index (χ4v) is 6.32. The molecule has 1 aromatic carbocycles. The van der Waals surface area contributed by atoms with Crippen LogP contribution in [0.25, 0.3) is 11.2 Å². The molecule has 36 heavy (non-hydrogen) atoms. The van der Waals surface area contributed by atoms with Crippen LogP contribution in [0.15, 0.2) is 24.4 Å². The van der Waals surface area contributed by atoms with Crippen LogP contribution >= 0.6 is 23.2 Å². The highest BCUT2D eigenvalue weighted by Gasteiger charge is 2.41. The van der Waals surface area contributed by atoms with Crippen LogP contribution in [-0.4, -0.2) is 74.0 Å². The lowest BCUT2D eigenvalue weighted by Crippen LogP contribution is -2.57. The number of nitrogens with zero attached hydrogens (tertiary/aromatic N) is 6. The van der Waals surface area contributed by atoms with Crippen molar-refractivity contribution in [3.8, 4) is 0 Å². The summed E-state index contributed by atoms with van der Waals surface area (Å²) < 4.78 is 1.84. The zero-order chi connectivity index (χ0) is 25.6. The number of carbonyl (C=O) groups excluding carboxylic acids is 1. The van der Waals surface area contributed by atoms with Crippen molar-refractivity contribution in [1.29, 1.82) is 0 Å². The zero-order valence-electron chi connectivity index (χ0n) is 20.4. The van der Waals surface area contributed by atoms with Crippen molar-refractivity contribution in [3.63, 3.8) is 0 Å². The number of nitrogens with two attached hydrogens (primary N) is 1. The molecule has 4 atom stereocenters. The minimum Gasteiger partial charge on any atom is -0.395 e. The van der Waals surface area contributed by atoms with E-state index in [-0.39, 0.29) is 36.6 Å². The third-order valence-electron chi connectivity index (χ3n) is 7.66. The number of anilines is 1. The first-order chi connectivity index (χ1) is 17.3. The third-order valence-corrected chi connectivity index (χ3v) is 8.23. The quantitative estimate of drug-likeness (QED) is 0.501. The lowest BCUT2D eigenvalue weighted by molar-refractivity contribution is -0.124. The molecule has 3 aromatic rings. The Bertz CT molecular complexity index is 1280. The van der Waals surface area contributed by atoms with Crippen LogP contribution in [0, 0.1) is 12.8 Å². The van der Waals surface area contributed by atoms with Gasteiger partial charge in [-0.3, -0.25) is 9.69 Å². The van der Waals surface area contributed by atoms with Crippen molar-refractivity contribution >= 4 is 46.1 Å². The summed E-state index contributed by atoms with van der Waals surface area (Å²) in [6, 6.07) is 5.36. The highest BCUT2D eigenvalue weighted by molar-refractivity contribution is 6.35. The van der Waals surface area contributed by atoms with Gasteiger partial charge in [-0.05, 0) is 57.4 Å². The van der Waals surface area contributed by atoms with Gasteiger partial charge in [0, 0.05) is 35.2 Å². The van der Waals surface area contributed by atoms with Crippen molar-refractivity contribution in [2.45, 2.75) is 51.2 Å². The Balaban J connectivity index is 1.45. The number of amides is 1. The summed E-state index contributed by atoms with van der Waals surface area (Å²) in [5.41, 5.74) is 8.91. The molecule has 2 aromatic heterocycles. The Morgan fingerprint density at radius 1 is 1.28 bits per heavy atom. The molecule has 4 heterocycles. The van der Waals surface area contributed by atoms with Crippen LogP contribution in [0.5, 0.6) is 0 Å². The molecule has 1 unspecified atom stereocenters. The number of hydrogen-bond acceptors (Lipinski definition) is 7. The van der Waals surface area contributed by atoms with E-state index in [1.165, 1.54) is 0 Å². The standard InChI is InChI=1S/C25H31Cl2N7O2/c1-14-23-25(34(31-14)15(2)18-6-5-16(26)10-20(18)27)30-22(11-29-23)32-9-7-21(19(12-32)24(28)36)33-8-3-4-17(33)13-35/h5-6,10-11,15,17,19,21,35H,3-4,7-9,12-13H2,1-2H3,(H2,28,36)/t15?,17-,19+,21-/m0/s1. The average molecular weight is 532 g/mol. The molecular weight excluding hydrogens is 501 g/mol. The van der Waals surface area contributed by atoms with E-state index in [1.807, 2.05) is 30.7 Å². The molecule has 3 N–H and O–H groups in total. The molecule has 9 nitrogen and oxygen atoms in total. The molecule has 2 aliphatic heterocycles. The predicted molar refractivity (Wildman–Crippen MR) is 140 cm³/mol. The number of aliphatic hydroxyl groups excluding tert-OH is 1. The lowest BCUT2D eigenvalue weighted by Gasteiger charge is -2.43. The molecule has 1 amide bonds. The van der Waals surface area contributed by atoms with E-state index in [0.717, 1.165) is 49.1 Å². The Hall–Kier alpha value is -2.46. The van der Waals surface area contributed by atoms with Crippen molar-refractivity contribution in [2.75, 3.05) is 31.1 Å². The van der Waals surface area contributed by atoms with Gasteiger partial charge >= 0.3 is 0 Å². The lowest BCUT2D eigenvalue weighted by atomic mass is 9.89. The number of aryl methyl sites for hydroxylation is 1. The number of hydrogen-bond donors (Lipinski definition) is 2. The fourth-order valence-electron chi connectivity index (χ4n) is 5.75. The smallest absolute Gasteiger partial charge is 0.223 e. The molecule has 2 fully saturated rings. The molecule has 0 radical (unpaired) electrons. The molecule has 2 aliphatic rings. The number of piperidine rings is 1. The molecule has 192 valence electrons. The first-order valence-corrected chi connectivity index (χ1v) is 13.1. The number of aliphatic hydroxyl groups is 1. The van der Waals surface area contributed by atoms with Crippen molar-refractivity contribution in [1.82, 2.24) is 24.6 Å². The minimum atomic E-state index is -0.359. The van der Waals surface area contributed by atoms with Crippen LogP contribution in [0.4, 0.5) is 5.82 Å². The average Bonchev–Trinajstić information content (AvgIpc) is 3.47. The maximum absolute atomic E-state index is 12.5. The van der Waals surface area contributed by atoms with Gasteiger partial charge in [-0.2, -0.15) is 5.10 Å². The van der Waals surface area contributed by atoms with Gasteiger partial charge in [0.15, 0.2) is 5.65 Å². The Labute approximate surface area is 220 Å². The number of aromatic nitrogens is 4. The van der Waals surface area contributed by atoms with E-state index in [4.69, 9.17) is 39.0 Å². The number of likely N-dealkylation sites (tertiary alicyclic amines) is 1. The zero-order valence-corrected chi connectivity index (χ0v) is 22.0.